The summed E-state index contributed by atoms with van der Waals surface area (Å²) < 4.78 is 5.03. The predicted octanol–water partition coefficient (Wildman–Crippen LogP) is 4.05. The summed E-state index contributed by atoms with van der Waals surface area (Å²) in [5, 5.41) is 15.1. The van der Waals surface area contributed by atoms with Crippen molar-refractivity contribution >= 4 is 46.7 Å². The number of rotatable bonds is 7. The number of anilines is 2. The summed E-state index contributed by atoms with van der Waals surface area (Å²) in [5.41, 5.74) is 1.99. The average molecular weight is 471 g/mol. The Hall–Kier alpha value is -3.65. The Balaban J connectivity index is 1.52. The van der Waals surface area contributed by atoms with Gasteiger partial charge in [0, 0.05) is 16.4 Å². The topological polar surface area (TPSA) is 122 Å². The number of benzene rings is 2. The van der Waals surface area contributed by atoms with Crippen molar-refractivity contribution in [1.82, 2.24) is 0 Å². The third-order valence-electron chi connectivity index (χ3n) is 5.13. The zero-order valence-electron chi connectivity index (χ0n) is 17.8. The summed E-state index contributed by atoms with van der Waals surface area (Å²) in [7, 11) is 0. The second-order valence-electron chi connectivity index (χ2n) is 7.70. The molecule has 0 saturated heterocycles. The van der Waals surface area contributed by atoms with E-state index in [9.17, 15) is 24.3 Å². The van der Waals surface area contributed by atoms with E-state index >= 15 is 0 Å². The molecule has 2 aromatic carbocycles. The molecule has 3 N–H and O–H groups in total. The van der Waals surface area contributed by atoms with Crippen molar-refractivity contribution in [2.75, 3.05) is 17.2 Å². The summed E-state index contributed by atoms with van der Waals surface area (Å²) in [4.78, 5) is 48.2. The quantitative estimate of drug-likeness (QED) is 0.414. The number of carboxylic acids is 1. The van der Waals surface area contributed by atoms with Crippen LogP contribution in [0.3, 0.4) is 0 Å². The Morgan fingerprint density at radius 3 is 2.27 bits per heavy atom. The molecule has 2 amide bonds. The molecule has 0 aliphatic heterocycles. The number of ether oxygens (including phenoxy) is 1. The minimum absolute atomic E-state index is 0.198. The number of halogens is 1. The van der Waals surface area contributed by atoms with Crippen LogP contribution in [0.25, 0.3) is 0 Å². The maximum Gasteiger partial charge on any atom is 0.338 e. The molecule has 0 aromatic heterocycles. The molecule has 3 rings (SSSR count). The highest BCUT2D eigenvalue weighted by molar-refractivity contribution is 6.31. The van der Waals surface area contributed by atoms with Crippen molar-refractivity contribution in [2.24, 2.45) is 11.8 Å². The van der Waals surface area contributed by atoms with E-state index < -0.39 is 42.2 Å². The Morgan fingerprint density at radius 2 is 1.64 bits per heavy atom. The minimum Gasteiger partial charge on any atom is -0.481 e. The third-order valence-corrected chi connectivity index (χ3v) is 5.35. The smallest absolute Gasteiger partial charge is 0.338 e. The number of aliphatic carboxylic acids is 1. The number of nitrogens with one attached hydrogen (secondary N) is 2. The Bertz CT molecular complexity index is 1080. The van der Waals surface area contributed by atoms with E-state index in [0.717, 1.165) is 5.56 Å². The molecule has 9 heteroatoms. The van der Waals surface area contributed by atoms with E-state index in [1.807, 2.05) is 6.92 Å². The molecule has 2 aromatic rings. The maximum atomic E-state index is 12.5. The second kappa shape index (κ2) is 10.8. The van der Waals surface area contributed by atoms with Crippen LogP contribution in [0.1, 0.15) is 28.8 Å². The number of amides is 2. The highest BCUT2D eigenvalue weighted by Crippen LogP contribution is 2.27. The van der Waals surface area contributed by atoms with Crippen LogP contribution in [0, 0.1) is 18.8 Å². The minimum atomic E-state index is -1.01. The lowest BCUT2D eigenvalue weighted by Crippen LogP contribution is -2.34. The molecular weight excluding hydrogens is 448 g/mol. The van der Waals surface area contributed by atoms with Crippen LogP contribution in [0.4, 0.5) is 11.4 Å². The molecule has 0 spiro atoms. The van der Waals surface area contributed by atoms with Gasteiger partial charge in [0.05, 0.1) is 17.4 Å². The van der Waals surface area contributed by atoms with Crippen LogP contribution < -0.4 is 10.6 Å². The average Bonchev–Trinajstić information content (AvgIpc) is 2.77. The van der Waals surface area contributed by atoms with Gasteiger partial charge in [-0.2, -0.15) is 0 Å². The lowest BCUT2D eigenvalue weighted by atomic mass is 9.82. The summed E-state index contributed by atoms with van der Waals surface area (Å²) in [6.45, 7) is 1.36. The number of hydrogen-bond donors (Lipinski definition) is 3. The van der Waals surface area contributed by atoms with Gasteiger partial charge in [-0.25, -0.2) is 4.79 Å². The molecule has 33 heavy (non-hydrogen) atoms. The summed E-state index contributed by atoms with van der Waals surface area (Å²) in [6, 6.07) is 11.0. The van der Waals surface area contributed by atoms with Crippen LogP contribution in [-0.2, 0) is 19.1 Å². The lowest BCUT2D eigenvalue weighted by Gasteiger charge is -2.24. The van der Waals surface area contributed by atoms with Crippen LogP contribution in [0.15, 0.2) is 54.6 Å². The number of carbonyl (C=O) groups is 4. The van der Waals surface area contributed by atoms with Crippen molar-refractivity contribution < 1.29 is 29.0 Å². The molecule has 2 atom stereocenters. The highest BCUT2D eigenvalue weighted by Gasteiger charge is 2.33. The molecule has 0 fully saturated rings. The van der Waals surface area contributed by atoms with E-state index in [1.165, 1.54) is 24.3 Å². The van der Waals surface area contributed by atoms with Gasteiger partial charge in [0.2, 0.25) is 5.91 Å². The first-order chi connectivity index (χ1) is 15.7. The van der Waals surface area contributed by atoms with E-state index in [1.54, 1.807) is 30.4 Å². The van der Waals surface area contributed by atoms with Crippen molar-refractivity contribution in [3.63, 3.8) is 0 Å². The molecule has 0 radical (unpaired) electrons. The first-order valence-electron chi connectivity index (χ1n) is 10.3. The van der Waals surface area contributed by atoms with Crippen LogP contribution in [0.2, 0.25) is 5.02 Å². The molecule has 1 aliphatic rings. The van der Waals surface area contributed by atoms with Gasteiger partial charge >= 0.3 is 11.9 Å². The fraction of sp³-hybridized carbons (Fsp3) is 0.250. The first kappa shape index (κ1) is 24.0. The van der Waals surface area contributed by atoms with Gasteiger partial charge in [0.1, 0.15) is 0 Å². The fourth-order valence-electron chi connectivity index (χ4n) is 3.52. The Labute approximate surface area is 195 Å². The van der Waals surface area contributed by atoms with E-state index in [2.05, 4.69) is 10.6 Å². The highest BCUT2D eigenvalue weighted by atomic mass is 35.5. The monoisotopic (exact) mass is 470 g/mol. The number of esters is 1. The van der Waals surface area contributed by atoms with Crippen molar-refractivity contribution in [3.05, 3.63) is 70.8 Å². The van der Waals surface area contributed by atoms with Crippen LogP contribution in [0.5, 0.6) is 0 Å². The van der Waals surface area contributed by atoms with Crippen LogP contribution in [-0.4, -0.2) is 35.5 Å². The fourth-order valence-corrected chi connectivity index (χ4v) is 3.81. The standard InChI is InChI=1S/C24H23ClN2O6/c1-14-10-16(25)12-18(11-14)26-21(28)13-33-24(32)15-6-8-17(9-7-15)27-22(29)19-4-2-3-5-20(19)23(30)31/h2-3,6-12,19-20H,4-5,13H2,1H3,(H,26,28)(H,27,29)(H,30,31)/t19-,20+/m1/s1. The Kier molecular flexibility index (Phi) is 7.84. The molecule has 0 saturated carbocycles. The van der Waals surface area contributed by atoms with Gasteiger partial charge < -0.3 is 20.5 Å². The maximum absolute atomic E-state index is 12.5. The van der Waals surface area contributed by atoms with E-state index in [-0.39, 0.29) is 5.56 Å². The third kappa shape index (κ3) is 6.66. The number of hydrogen-bond acceptors (Lipinski definition) is 5. The molecular formula is C24H23ClN2O6. The largest absolute Gasteiger partial charge is 0.481 e. The summed E-state index contributed by atoms with van der Waals surface area (Å²) in [6.07, 6.45) is 4.22. The molecule has 0 unspecified atom stereocenters. The van der Waals surface area contributed by atoms with Gasteiger partial charge in [-0.05, 0) is 67.8 Å². The Morgan fingerprint density at radius 1 is 0.970 bits per heavy atom. The zero-order valence-corrected chi connectivity index (χ0v) is 18.6. The normalized spacial score (nSPS) is 17.2. The van der Waals surface area contributed by atoms with Gasteiger partial charge in [-0.1, -0.05) is 23.8 Å². The SMILES string of the molecule is Cc1cc(Cl)cc(NC(=O)COC(=O)c2ccc(NC(=O)[C@@H]3CC=CC[C@@H]3C(=O)O)cc2)c1. The summed E-state index contributed by atoms with van der Waals surface area (Å²) >= 11 is 5.96. The number of allylic oxidation sites excluding steroid dienone is 2. The lowest BCUT2D eigenvalue weighted by molar-refractivity contribution is -0.146. The van der Waals surface area contributed by atoms with Gasteiger partial charge in [-0.15, -0.1) is 0 Å². The number of carboxylic acid groups (broad SMARTS) is 1. The van der Waals surface area contributed by atoms with Crippen molar-refractivity contribution in [2.45, 2.75) is 19.8 Å². The van der Waals surface area contributed by atoms with Crippen molar-refractivity contribution in [3.8, 4) is 0 Å². The molecule has 172 valence electrons. The number of carbonyl (C=O) groups excluding carboxylic acids is 3. The predicted molar refractivity (Wildman–Crippen MR) is 123 cm³/mol. The molecule has 0 heterocycles. The van der Waals surface area contributed by atoms with Crippen LogP contribution >= 0.6 is 11.6 Å². The van der Waals surface area contributed by atoms with E-state index in [4.69, 9.17) is 16.3 Å². The molecule has 0 bridgehead atoms. The number of aryl methyl sites for hydroxylation is 1. The van der Waals surface area contributed by atoms with Gasteiger partial charge in [-0.3, -0.25) is 14.4 Å². The molecule has 8 nitrogen and oxygen atoms in total. The van der Waals surface area contributed by atoms with Gasteiger partial charge in [0.15, 0.2) is 6.61 Å². The van der Waals surface area contributed by atoms with E-state index in [0.29, 0.717) is 29.2 Å². The second-order valence-corrected chi connectivity index (χ2v) is 8.14. The summed E-state index contributed by atoms with van der Waals surface area (Å²) in [5.74, 6) is -4.05. The zero-order chi connectivity index (χ0) is 24.0. The first-order valence-corrected chi connectivity index (χ1v) is 10.6. The van der Waals surface area contributed by atoms with Gasteiger partial charge in [0.25, 0.3) is 5.91 Å². The molecule has 1 aliphatic carbocycles. The van der Waals surface area contributed by atoms with Crippen molar-refractivity contribution in [1.29, 1.82) is 0 Å².